The Hall–Kier alpha value is -7.48. The first-order chi connectivity index (χ1) is 28.3. The zero-order chi connectivity index (χ0) is 37.2. The second kappa shape index (κ2) is 11.5. The van der Waals surface area contributed by atoms with Crippen molar-refractivity contribution in [2.24, 2.45) is 0 Å². The van der Waals surface area contributed by atoms with Gasteiger partial charge in [-0.1, -0.05) is 170 Å². The molecule has 0 amide bonds. The van der Waals surface area contributed by atoms with Crippen LogP contribution < -0.4 is 0 Å². The van der Waals surface area contributed by atoms with E-state index in [0.717, 1.165) is 27.5 Å². The fourth-order valence-electron chi connectivity index (χ4n) is 10.0. The average molecular weight is 721 g/mol. The van der Waals surface area contributed by atoms with Gasteiger partial charge in [-0.05, 0) is 127 Å². The molecule has 12 aromatic carbocycles. The predicted molar refractivity (Wildman–Crippen MR) is 244 cm³/mol. The van der Waals surface area contributed by atoms with E-state index >= 15 is 0 Å². The van der Waals surface area contributed by atoms with Crippen molar-refractivity contribution in [2.45, 2.75) is 0 Å². The minimum Gasteiger partial charge on any atom is -0.455 e. The molecule has 0 aliphatic rings. The lowest BCUT2D eigenvalue weighted by Gasteiger charge is -2.18. The highest BCUT2D eigenvalue weighted by Crippen LogP contribution is 2.49. The number of hydrogen-bond donors (Lipinski definition) is 0. The van der Waals surface area contributed by atoms with E-state index in [0.29, 0.717) is 0 Å². The van der Waals surface area contributed by atoms with Crippen LogP contribution in [0.2, 0.25) is 0 Å². The van der Waals surface area contributed by atoms with Gasteiger partial charge in [0.05, 0.1) is 0 Å². The van der Waals surface area contributed by atoms with Crippen molar-refractivity contribution in [1.29, 1.82) is 0 Å². The van der Waals surface area contributed by atoms with Crippen LogP contribution in [-0.2, 0) is 0 Å². The molecule has 1 aromatic heterocycles. The first-order valence-electron chi connectivity index (χ1n) is 19.7. The minimum atomic E-state index is 0.902. The summed E-state index contributed by atoms with van der Waals surface area (Å²) in [5, 5.41) is 19.9. The molecular formula is C56H32O. The molecule has 57 heavy (non-hydrogen) atoms. The molecule has 0 radical (unpaired) electrons. The smallest absolute Gasteiger partial charge is 0.143 e. The van der Waals surface area contributed by atoms with Crippen LogP contribution in [-0.4, -0.2) is 0 Å². The molecule has 0 aliphatic carbocycles. The van der Waals surface area contributed by atoms with Crippen LogP contribution in [0.4, 0.5) is 0 Å². The Morgan fingerprint density at radius 2 is 0.807 bits per heavy atom. The topological polar surface area (TPSA) is 13.1 Å². The Morgan fingerprint density at radius 1 is 0.246 bits per heavy atom. The Balaban J connectivity index is 1.14. The molecule has 0 saturated carbocycles. The molecule has 0 aliphatic heterocycles. The first-order valence-corrected chi connectivity index (χ1v) is 19.7. The summed E-state index contributed by atoms with van der Waals surface area (Å²) in [4.78, 5) is 0. The lowest BCUT2D eigenvalue weighted by molar-refractivity contribution is 0.670. The summed E-state index contributed by atoms with van der Waals surface area (Å²) >= 11 is 0. The largest absolute Gasteiger partial charge is 0.455 e. The number of furan rings is 1. The molecule has 0 atom stereocenters. The third-order valence-electron chi connectivity index (χ3n) is 12.6. The Labute approximate surface area is 328 Å². The maximum atomic E-state index is 7.13. The molecule has 0 N–H and O–H groups in total. The van der Waals surface area contributed by atoms with E-state index in [-0.39, 0.29) is 0 Å². The van der Waals surface area contributed by atoms with Crippen molar-refractivity contribution in [3.05, 3.63) is 194 Å². The van der Waals surface area contributed by atoms with Crippen molar-refractivity contribution in [2.75, 3.05) is 0 Å². The molecule has 13 rings (SSSR count). The molecule has 0 saturated heterocycles. The van der Waals surface area contributed by atoms with E-state index in [1.54, 1.807) is 0 Å². The number of fused-ring (bicyclic) bond motifs is 9. The van der Waals surface area contributed by atoms with Crippen LogP contribution in [0.5, 0.6) is 0 Å². The van der Waals surface area contributed by atoms with Gasteiger partial charge in [0.1, 0.15) is 11.2 Å². The van der Waals surface area contributed by atoms with Crippen molar-refractivity contribution in [3.8, 4) is 33.4 Å². The summed E-state index contributed by atoms with van der Waals surface area (Å²) in [5.41, 5.74) is 8.99. The zero-order valence-electron chi connectivity index (χ0n) is 30.9. The van der Waals surface area contributed by atoms with Crippen molar-refractivity contribution in [1.82, 2.24) is 0 Å². The van der Waals surface area contributed by atoms with Gasteiger partial charge in [0.15, 0.2) is 0 Å². The van der Waals surface area contributed by atoms with Crippen LogP contribution in [0.3, 0.4) is 0 Å². The maximum Gasteiger partial charge on any atom is 0.143 e. The summed E-state index contributed by atoms with van der Waals surface area (Å²) in [5.74, 6) is 0. The fraction of sp³-hybridized carbons (Fsp3) is 0. The molecule has 0 spiro atoms. The molecule has 0 unspecified atom stereocenters. The third kappa shape index (κ3) is 4.34. The lowest BCUT2D eigenvalue weighted by Crippen LogP contribution is -1.91. The van der Waals surface area contributed by atoms with Crippen LogP contribution in [0, 0.1) is 0 Å². The summed E-state index contributed by atoms with van der Waals surface area (Å²) in [7, 11) is 0. The highest BCUT2D eigenvalue weighted by molar-refractivity contribution is 6.30. The van der Waals surface area contributed by atoms with Crippen LogP contribution >= 0.6 is 0 Å². The lowest BCUT2D eigenvalue weighted by atomic mass is 9.85. The first kappa shape index (κ1) is 30.8. The van der Waals surface area contributed by atoms with Gasteiger partial charge < -0.3 is 4.42 Å². The van der Waals surface area contributed by atoms with Gasteiger partial charge in [-0.25, -0.2) is 0 Å². The van der Waals surface area contributed by atoms with Gasteiger partial charge in [-0.3, -0.25) is 0 Å². The van der Waals surface area contributed by atoms with Gasteiger partial charge in [0.2, 0.25) is 0 Å². The number of hydrogen-bond acceptors (Lipinski definition) is 1. The summed E-state index contributed by atoms with van der Waals surface area (Å²) in [6.45, 7) is 0. The fourth-order valence-corrected chi connectivity index (χ4v) is 10.0. The van der Waals surface area contributed by atoms with E-state index in [9.17, 15) is 0 Å². The van der Waals surface area contributed by atoms with E-state index in [1.165, 1.54) is 103 Å². The minimum absolute atomic E-state index is 0.902. The molecule has 1 nitrogen and oxygen atoms in total. The number of benzene rings is 12. The van der Waals surface area contributed by atoms with Crippen LogP contribution in [0.1, 0.15) is 0 Å². The SMILES string of the molecule is c1ccc(-c2ccc3ccc4c(-c5ccc(-c6cc7ccc8ccccc8c7c7ccccc67)c6oc7cc8ccccc8cc7c56)ccc5ccc2c3c54)cc1. The molecule has 1 heteroatoms. The summed E-state index contributed by atoms with van der Waals surface area (Å²) in [6, 6.07) is 71.5. The average Bonchev–Trinajstić information content (AvgIpc) is 3.65. The van der Waals surface area contributed by atoms with E-state index < -0.39 is 0 Å². The van der Waals surface area contributed by atoms with Gasteiger partial charge in [-0.2, -0.15) is 0 Å². The van der Waals surface area contributed by atoms with Gasteiger partial charge >= 0.3 is 0 Å². The van der Waals surface area contributed by atoms with E-state index in [2.05, 4.69) is 194 Å². The van der Waals surface area contributed by atoms with Gasteiger partial charge in [0.25, 0.3) is 0 Å². The molecule has 1 heterocycles. The van der Waals surface area contributed by atoms with Gasteiger partial charge in [0, 0.05) is 16.3 Å². The van der Waals surface area contributed by atoms with E-state index in [1.807, 2.05) is 0 Å². The van der Waals surface area contributed by atoms with Gasteiger partial charge in [-0.15, -0.1) is 0 Å². The predicted octanol–water partition coefficient (Wildman–Crippen LogP) is 16.1. The van der Waals surface area contributed by atoms with Crippen molar-refractivity contribution < 1.29 is 4.42 Å². The van der Waals surface area contributed by atoms with Crippen molar-refractivity contribution >= 4 is 97.3 Å². The monoisotopic (exact) mass is 720 g/mol. The summed E-state index contributed by atoms with van der Waals surface area (Å²) < 4.78 is 7.13. The molecular weight excluding hydrogens is 689 g/mol. The highest BCUT2D eigenvalue weighted by Gasteiger charge is 2.22. The maximum absolute atomic E-state index is 7.13. The molecule has 0 fully saturated rings. The highest BCUT2D eigenvalue weighted by atomic mass is 16.3. The normalized spacial score (nSPS) is 12.2. The van der Waals surface area contributed by atoms with E-state index in [4.69, 9.17) is 4.42 Å². The molecule has 0 bridgehead atoms. The van der Waals surface area contributed by atoms with Crippen LogP contribution in [0.25, 0.3) is 131 Å². The Morgan fingerprint density at radius 3 is 1.60 bits per heavy atom. The zero-order valence-corrected chi connectivity index (χ0v) is 30.9. The molecule has 13 aromatic rings. The summed E-state index contributed by atoms with van der Waals surface area (Å²) in [6.07, 6.45) is 0. The Bertz CT molecular complexity index is 3790. The third-order valence-corrected chi connectivity index (χ3v) is 12.6. The van der Waals surface area contributed by atoms with Crippen molar-refractivity contribution in [3.63, 3.8) is 0 Å². The Kier molecular flexibility index (Phi) is 6.23. The standard InChI is InChI=1S/C56H32O/c1-2-10-33(11-3-1)40-24-20-35-23-27-46-43(25-21-36-22-26-45(40)53(35)54(36)46)47-28-29-48(56-55(47)50-30-37-13-4-5-14-38(37)32-51(50)57-56)49-31-39-19-18-34-12-6-7-15-41(34)52(39)44-17-9-8-16-42(44)49/h1-32H. The second-order valence-electron chi connectivity index (χ2n) is 15.5. The second-order valence-corrected chi connectivity index (χ2v) is 15.5. The quantitative estimate of drug-likeness (QED) is 0.166. The molecule has 262 valence electrons. The van der Waals surface area contributed by atoms with Crippen LogP contribution in [0.15, 0.2) is 199 Å². The number of rotatable bonds is 3.